The lowest BCUT2D eigenvalue weighted by molar-refractivity contribution is -0.123. The highest BCUT2D eigenvalue weighted by atomic mass is 32.2. The number of rotatable bonds is 7. The van der Waals surface area contributed by atoms with E-state index in [1.165, 1.54) is 42.6 Å². The number of hydrogen-bond donors (Lipinski definition) is 1. The number of imide groups is 1. The number of thiophene rings is 1. The van der Waals surface area contributed by atoms with E-state index in [2.05, 4.69) is 5.32 Å². The summed E-state index contributed by atoms with van der Waals surface area (Å²) in [5.41, 5.74) is 0.563. The number of carbonyl (C=O) groups excluding carboxylic acids is 3. The molecule has 0 unspecified atom stereocenters. The van der Waals surface area contributed by atoms with E-state index in [0.29, 0.717) is 10.6 Å². The Balaban J connectivity index is 1.59. The molecule has 1 aromatic heterocycles. The number of benzene rings is 2. The molecule has 1 heterocycles. The summed E-state index contributed by atoms with van der Waals surface area (Å²) in [5, 5.41) is 3.81. The molecule has 2 aromatic carbocycles. The molecule has 2 amide bonds. The molecule has 0 fully saturated rings. The topological polar surface area (TPSA) is 110 Å². The number of sulfonamides is 1. The van der Waals surface area contributed by atoms with Crippen LogP contribution in [-0.4, -0.2) is 39.9 Å². The molecule has 0 saturated carbocycles. The van der Waals surface area contributed by atoms with Crippen molar-refractivity contribution in [1.29, 1.82) is 0 Å². The number of nitrogens with one attached hydrogen (secondary N) is 1. The van der Waals surface area contributed by atoms with Crippen LogP contribution in [0.5, 0.6) is 0 Å². The summed E-state index contributed by atoms with van der Waals surface area (Å²) in [5.74, 6) is -2.16. The van der Waals surface area contributed by atoms with Gasteiger partial charge in [-0.2, -0.15) is 0 Å². The van der Waals surface area contributed by atoms with Crippen LogP contribution >= 0.6 is 11.3 Å². The van der Waals surface area contributed by atoms with Crippen LogP contribution in [0.4, 0.5) is 5.69 Å². The molecule has 160 valence electrons. The van der Waals surface area contributed by atoms with E-state index in [1.807, 2.05) is 0 Å². The number of hydrogen-bond acceptors (Lipinski definition) is 7. The highest BCUT2D eigenvalue weighted by Gasteiger charge is 2.22. The summed E-state index contributed by atoms with van der Waals surface area (Å²) < 4.78 is 31.5. The van der Waals surface area contributed by atoms with E-state index in [0.717, 1.165) is 4.31 Å². The van der Waals surface area contributed by atoms with Crippen LogP contribution in [0, 0.1) is 0 Å². The molecule has 3 aromatic rings. The highest BCUT2D eigenvalue weighted by molar-refractivity contribution is 7.92. The Morgan fingerprint density at radius 2 is 1.65 bits per heavy atom. The second-order valence-corrected chi connectivity index (χ2v) is 9.18. The molecule has 0 aliphatic carbocycles. The van der Waals surface area contributed by atoms with Gasteiger partial charge in [-0.15, -0.1) is 11.3 Å². The van der Waals surface area contributed by atoms with Gasteiger partial charge in [0.05, 0.1) is 21.0 Å². The fourth-order valence-corrected chi connectivity index (χ4v) is 4.36. The molecule has 31 heavy (non-hydrogen) atoms. The summed E-state index contributed by atoms with van der Waals surface area (Å²) in [7, 11) is -2.38. The van der Waals surface area contributed by atoms with Gasteiger partial charge in [0.25, 0.3) is 21.8 Å². The third-order valence-electron chi connectivity index (χ3n) is 4.20. The maximum atomic E-state index is 12.8. The van der Waals surface area contributed by atoms with Crippen molar-refractivity contribution < 1.29 is 27.5 Å². The number of esters is 1. The van der Waals surface area contributed by atoms with Crippen molar-refractivity contribution in [1.82, 2.24) is 5.32 Å². The normalized spacial score (nSPS) is 10.9. The molecule has 0 atom stereocenters. The number of anilines is 1. The Morgan fingerprint density at radius 3 is 2.26 bits per heavy atom. The Labute approximate surface area is 183 Å². The standard InChI is InChI=1S/C21H18N2O6S2/c1-23(16-6-3-2-4-7-16)31(27,28)17-11-9-15(10-12-17)21(26)29-14-19(24)22-20(25)18-8-5-13-30-18/h2-13H,14H2,1H3,(H,22,24,25). The minimum atomic E-state index is -3.81. The number of carbonyl (C=O) groups is 3. The van der Waals surface area contributed by atoms with E-state index in [4.69, 9.17) is 4.74 Å². The van der Waals surface area contributed by atoms with Gasteiger partial charge in [0, 0.05) is 7.05 Å². The fourth-order valence-electron chi connectivity index (χ4n) is 2.54. The first kappa shape index (κ1) is 22.2. The number of ether oxygens (including phenoxy) is 1. The molecular formula is C21H18N2O6S2. The molecular weight excluding hydrogens is 440 g/mol. The third-order valence-corrected chi connectivity index (χ3v) is 6.87. The lowest BCUT2D eigenvalue weighted by atomic mass is 10.2. The van der Waals surface area contributed by atoms with Gasteiger partial charge >= 0.3 is 5.97 Å². The summed E-state index contributed by atoms with van der Waals surface area (Å²) in [6.07, 6.45) is 0. The van der Waals surface area contributed by atoms with Gasteiger partial charge in [-0.1, -0.05) is 24.3 Å². The minimum absolute atomic E-state index is 0.00492. The number of para-hydroxylation sites is 1. The van der Waals surface area contributed by atoms with Crippen molar-refractivity contribution >= 4 is 44.8 Å². The van der Waals surface area contributed by atoms with Gasteiger partial charge < -0.3 is 4.74 Å². The van der Waals surface area contributed by atoms with Crippen LogP contribution in [0.25, 0.3) is 0 Å². The summed E-state index contributed by atoms with van der Waals surface area (Å²) in [6.45, 7) is -0.646. The maximum absolute atomic E-state index is 12.8. The second-order valence-electron chi connectivity index (χ2n) is 6.26. The highest BCUT2D eigenvalue weighted by Crippen LogP contribution is 2.22. The predicted octanol–water partition coefficient (Wildman–Crippen LogP) is 2.69. The van der Waals surface area contributed by atoms with E-state index >= 15 is 0 Å². The van der Waals surface area contributed by atoms with Crippen molar-refractivity contribution in [3.05, 3.63) is 82.6 Å². The van der Waals surface area contributed by atoms with Crippen LogP contribution < -0.4 is 9.62 Å². The molecule has 0 spiro atoms. The first-order valence-electron chi connectivity index (χ1n) is 8.98. The largest absolute Gasteiger partial charge is 0.452 e. The molecule has 0 saturated heterocycles. The molecule has 1 N–H and O–H groups in total. The second kappa shape index (κ2) is 9.54. The summed E-state index contributed by atoms with van der Waals surface area (Å²) in [6, 6.07) is 17.0. The van der Waals surface area contributed by atoms with Crippen LogP contribution in [0.3, 0.4) is 0 Å². The predicted molar refractivity (Wildman–Crippen MR) is 116 cm³/mol. The molecule has 8 nitrogen and oxygen atoms in total. The molecule has 0 aliphatic rings. The van der Waals surface area contributed by atoms with Gasteiger partial charge in [0.15, 0.2) is 6.61 Å². The van der Waals surface area contributed by atoms with Gasteiger partial charge in [-0.3, -0.25) is 19.2 Å². The SMILES string of the molecule is CN(c1ccccc1)S(=O)(=O)c1ccc(C(=O)OCC(=O)NC(=O)c2cccs2)cc1. The van der Waals surface area contributed by atoms with Gasteiger partial charge in [0.1, 0.15) is 0 Å². The van der Waals surface area contributed by atoms with Gasteiger partial charge in [-0.25, -0.2) is 13.2 Å². The van der Waals surface area contributed by atoms with E-state index in [-0.39, 0.29) is 10.5 Å². The monoisotopic (exact) mass is 458 g/mol. The van der Waals surface area contributed by atoms with Gasteiger partial charge in [-0.05, 0) is 47.8 Å². The molecule has 3 rings (SSSR count). The first-order chi connectivity index (χ1) is 14.8. The Bertz CT molecular complexity index is 1170. The zero-order valence-corrected chi connectivity index (χ0v) is 18.0. The van der Waals surface area contributed by atoms with E-state index in [1.54, 1.807) is 47.8 Å². The van der Waals surface area contributed by atoms with Crippen molar-refractivity contribution in [2.75, 3.05) is 18.0 Å². The van der Waals surface area contributed by atoms with E-state index < -0.39 is 34.4 Å². The zero-order chi connectivity index (χ0) is 22.4. The average Bonchev–Trinajstić information content (AvgIpc) is 3.33. The molecule has 0 radical (unpaired) electrons. The summed E-state index contributed by atoms with van der Waals surface area (Å²) in [4.78, 5) is 36.1. The Morgan fingerprint density at radius 1 is 0.968 bits per heavy atom. The van der Waals surface area contributed by atoms with Gasteiger partial charge in [0.2, 0.25) is 0 Å². The van der Waals surface area contributed by atoms with Crippen LogP contribution in [0.1, 0.15) is 20.0 Å². The van der Waals surface area contributed by atoms with Crippen LogP contribution in [0.2, 0.25) is 0 Å². The van der Waals surface area contributed by atoms with Crippen molar-refractivity contribution in [3.8, 4) is 0 Å². The number of amides is 2. The molecule has 0 aliphatic heterocycles. The Hall–Kier alpha value is -3.50. The van der Waals surface area contributed by atoms with Crippen LogP contribution in [-0.2, 0) is 19.6 Å². The van der Waals surface area contributed by atoms with Crippen molar-refractivity contribution in [2.24, 2.45) is 0 Å². The number of nitrogens with zero attached hydrogens (tertiary/aromatic N) is 1. The third kappa shape index (κ3) is 5.36. The lowest BCUT2D eigenvalue weighted by Gasteiger charge is -2.19. The lowest BCUT2D eigenvalue weighted by Crippen LogP contribution is -2.33. The quantitative estimate of drug-likeness (QED) is 0.545. The Kier molecular flexibility index (Phi) is 6.83. The van der Waals surface area contributed by atoms with E-state index in [9.17, 15) is 22.8 Å². The van der Waals surface area contributed by atoms with Crippen molar-refractivity contribution in [3.63, 3.8) is 0 Å². The summed E-state index contributed by atoms with van der Waals surface area (Å²) >= 11 is 1.17. The van der Waals surface area contributed by atoms with Crippen molar-refractivity contribution in [2.45, 2.75) is 4.90 Å². The zero-order valence-electron chi connectivity index (χ0n) is 16.3. The smallest absolute Gasteiger partial charge is 0.338 e. The van der Waals surface area contributed by atoms with Crippen LogP contribution in [0.15, 0.2) is 77.0 Å². The maximum Gasteiger partial charge on any atom is 0.338 e. The average molecular weight is 459 g/mol. The minimum Gasteiger partial charge on any atom is -0.452 e. The fraction of sp³-hybridized carbons (Fsp3) is 0.0952. The molecule has 0 bridgehead atoms. The first-order valence-corrected chi connectivity index (χ1v) is 11.3. The molecule has 10 heteroatoms.